The van der Waals surface area contributed by atoms with Crippen molar-refractivity contribution in [1.29, 1.82) is 5.26 Å². The maximum atomic E-state index is 12.8. The number of nitrogens with zero attached hydrogens (tertiary/aromatic N) is 2. The van der Waals surface area contributed by atoms with Crippen LogP contribution in [0.2, 0.25) is 0 Å². The fourth-order valence-corrected chi connectivity index (χ4v) is 2.01. The molecule has 0 saturated heterocycles. The number of hydrogen-bond donors (Lipinski definition) is 1. The number of nitriles is 1. The molecule has 0 saturated carbocycles. The van der Waals surface area contributed by atoms with Crippen LogP contribution in [0.4, 0.5) is 18.9 Å². The number of benzene rings is 1. The van der Waals surface area contributed by atoms with Crippen molar-refractivity contribution in [3.05, 3.63) is 29.8 Å². The molecule has 0 atom stereocenters. The molecule has 1 rings (SSSR count). The van der Waals surface area contributed by atoms with Crippen LogP contribution in [-0.4, -0.2) is 31.9 Å². The van der Waals surface area contributed by atoms with Crippen LogP contribution in [0.1, 0.15) is 12.0 Å². The molecule has 0 fully saturated rings. The highest BCUT2D eigenvalue weighted by Gasteiger charge is 2.31. The van der Waals surface area contributed by atoms with E-state index in [1.807, 2.05) is 6.07 Å². The summed E-state index contributed by atoms with van der Waals surface area (Å²) in [6, 6.07) is 6.81. The fourth-order valence-electron chi connectivity index (χ4n) is 1.72. The number of ether oxygens (including phenoxy) is 1. The van der Waals surface area contributed by atoms with Crippen molar-refractivity contribution in [3.63, 3.8) is 0 Å². The van der Waals surface area contributed by atoms with Crippen LogP contribution in [-0.2, 0) is 10.9 Å². The van der Waals surface area contributed by atoms with Gasteiger partial charge in [-0.2, -0.15) is 18.4 Å². The lowest BCUT2D eigenvalue weighted by Gasteiger charge is -2.25. The van der Waals surface area contributed by atoms with E-state index in [0.29, 0.717) is 18.8 Å². The summed E-state index contributed by atoms with van der Waals surface area (Å²) in [6.07, 6.45) is -4.29. The lowest BCUT2D eigenvalue weighted by atomic mass is 10.2. The lowest BCUT2D eigenvalue weighted by Crippen LogP contribution is -2.41. The van der Waals surface area contributed by atoms with Crippen molar-refractivity contribution in [1.82, 2.24) is 5.32 Å². The summed E-state index contributed by atoms with van der Waals surface area (Å²) in [5, 5.41) is 11.8. The zero-order chi connectivity index (χ0) is 16.6. The lowest BCUT2D eigenvalue weighted by molar-refractivity contribution is -0.137. The molecule has 0 heterocycles. The van der Waals surface area contributed by atoms with Gasteiger partial charge in [0.1, 0.15) is 0 Å². The number of halogens is 3. The summed E-state index contributed by atoms with van der Waals surface area (Å²) in [4.78, 5) is 1.48. The minimum atomic E-state index is -4.43. The summed E-state index contributed by atoms with van der Waals surface area (Å²) in [7, 11) is 1.53. The van der Waals surface area contributed by atoms with Crippen molar-refractivity contribution in [2.75, 3.05) is 31.7 Å². The highest BCUT2D eigenvalue weighted by atomic mass is 32.1. The molecule has 0 bridgehead atoms. The van der Waals surface area contributed by atoms with Gasteiger partial charge < -0.3 is 15.0 Å². The van der Waals surface area contributed by atoms with E-state index >= 15 is 0 Å². The number of nitrogens with one attached hydrogen (secondary N) is 1. The molecule has 0 amide bonds. The van der Waals surface area contributed by atoms with Crippen molar-refractivity contribution in [2.24, 2.45) is 0 Å². The zero-order valence-electron chi connectivity index (χ0n) is 12.0. The minimum absolute atomic E-state index is 0.141. The number of rotatable bonds is 6. The molecule has 1 N–H and O–H groups in total. The molecule has 1 aromatic carbocycles. The maximum absolute atomic E-state index is 12.8. The molecular formula is C14H16F3N3OS. The Labute approximate surface area is 132 Å². The summed E-state index contributed by atoms with van der Waals surface area (Å²) in [5.74, 6) is 0. The molecule has 120 valence electrons. The molecule has 22 heavy (non-hydrogen) atoms. The second-order valence-corrected chi connectivity index (χ2v) is 4.72. The van der Waals surface area contributed by atoms with Crippen LogP contribution in [0.15, 0.2) is 24.3 Å². The van der Waals surface area contributed by atoms with Crippen LogP contribution in [0.25, 0.3) is 0 Å². The van der Waals surface area contributed by atoms with Crippen LogP contribution >= 0.6 is 12.2 Å². The van der Waals surface area contributed by atoms with Gasteiger partial charge >= 0.3 is 6.18 Å². The Kier molecular flexibility index (Phi) is 7.08. The third-order valence-electron chi connectivity index (χ3n) is 2.76. The van der Waals surface area contributed by atoms with Gasteiger partial charge in [0.15, 0.2) is 5.11 Å². The molecule has 0 aliphatic heterocycles. The van der Waals surface area contributed by atoms with E-state index in [1.165, 1.54) is 24.1 Å². The van der Waals surface area contributed by atoms with E-state index in [-0.39, 0.29) is 18.1 Å². The highest BCUT2D eigenvalue weighted by Crippen LogP contribution is 2.31. The maximum Gasteiger partial charge on any atom is 0.416 e. The number of thiocarbonyl (C=S) groups is 1. The van der Waals surface area contributed by atoms with Crippen molar-refractivity contribution >= 4 is 23.0 Å². The second-order valence-electron chi connectivity index (χ2n) is 4.33. The second kappa shape index (κ2) is 8.56. The number of anilines is 1. The van der Waals surface area contributed by atoms with E-state index in [0.717, 1.165) is 12.1 Å². The van der Waals surface area contributed by atoms with Crippen LogP contribution in [0.5, 0.6) is 0 Å². The van der Waals surface area contributed by atoms with Crippen molar-refractivity contribution < 1.29 is 17.9 Å². The van der Waals surface area contributed by atoms with Crippen LogP contribution in [0, 0.1) is 11.3 Å². The summed E-state index contributed by atoms with van der Waals surface area (Å²) >= 11 is 5.19. The third kappa shape index (κ3) is 5.50. The van der Waals surface area contributed by atoms with Gasteiger partial charge in [-0.25, -0.2) is 0 Å². The Morgan fingerprint density at radius 2 is 2.18 bits per heavy atom. The van der Waals surface area contributed by atoms with Gasteiger partial charge in [0.25, 0.3) is 0 Å². The molecule has 0 aliphatic carbocycles. The smallest absolute Gasteiger partial charge is 0.383 e. The highest BCUT2D eigenvalue weighted by molar-refractivity contribution is 7.80. The summed E-state index contributed by atoms with van der Waals surface area (Å²) in [5.41, 5.74) is -0.466. The molecule has 8 heteroatoms. The standard InChI is InChI=1S/C14H16F3N3OS/c1-21-9-7-19-13(22)20(8-3-6-18)12-5-2-4-11(10-12)14(15,16)17/h2,4-5,10H,3,7-9H2,1H3,(H,19,22). The van der Waals surface area contributed by atoms with Crippen LogP contribution in [0.3, 0.4) is 0 Å². The molecular weight excluding hydrogens is 315 g/mol. The van der Waals surface area contributed by atoms with Crippen LogP contribution < -0.4 is 10.2 Å². The van der Waals surface area contributed by atoms with Gasteiger partial charge in [-0.05, 0) is 30.4 Å². The molecule has 0 spiro atoms. The summed E-state index contributed by atoms with van der Waals surface area (Å²) in [6.45, 7) is 1.04. The number of hydrogen-bond acceptors (Lipinski definition) is 3. The first-order valence-electron chi connectivity index (χ1n) is 6.48. The van der Waals surface area contributed by atoms with E-state index in [4.69, 9.17) is 22.2 Å². The first-order valence-corrected chi connectivity index (χ1v) is 6.89. The topological polar surface area (TPSA) is 48.3 Å². The third-order valence-corrected chi connectivity index (χ3v) is 3.12. The SMILES string of the molecule is COCCNC(=S)N(CCC#N)c1cccc(C(F)(F)F)c1. The predicted molar refractivity (Wildman–Crippen MR) is 81.5 cm³/mol. The normalized spacial score (nSPS) is 10.9. The first kappa shape index (κ1) is 18.2. The van der Waals surface area contributed by atoms with Gasteiger partial charge in [0.2, 0.25) is 0 Å². The molecule has 0 radical (unpaired) electrons. The molecule has 1 aromatic rings. The quantitative estimate of drug-likeness (QED) is 0.641. The molecule has 0 aromatic heterocycles. The van der Waals surface area contributed by atoms with Gasteiger partial charge in [-0.15, -0.1) is 0 Å². The predicted octanol–water partition coefficient (Wildman–Crippen LogP) is 2.95. The van der Waals surface area contributed by atoms with E-state index in [2.05, 4.69) is 5.32 Å². The average Bonchev–Trinajstić information content (AvgIpc) is 2.47. The van der Waals surface area contributed by atoms with E-state index in [9.17, 15) is 13.2 Å². The Morgan fingerprint density at radius 1 is 1.45 bits per heavy atom. The van der Waals surface area contributed by atoms with Gasteiger partial charge in [-0.3, -0.25) is 0 Å². The fraction of sp³-hybridized carbons (Fsp3) is 0.429. The monoisotopic (exact) mass is 331 g/mol. The largest absolute Gasteiger partial charge is 0.416 e. The van der Waals surface area contributed by atoms with Gasteiger partial charge in [0.05, 0.1) is 24.7 Å². The average molecular weight is 331 g/mol. The van der Waals surface area contributed by atoms with Crippen molar-refractivity contribution in [3.8, 4) is 6.07 Å². The zero-order valence-corrected chi connectivity index (χ0v) is 12.8. The Balaban J connectivity index is 2.96. The van der Waals surface area contributed by atoms with E-state index < -0.39 is 11.7 Å². The molecule has 0 aliphatic rings. The van der Waals surface area contributed by atoms with E-state index in [1.54, 1.807) is 0 Å². The minimum Gasteiger partial charge on any atom is -0.383 e. The Bertz CT molecular complexity index is 543. The molecule has 4 nitrogen and oxygen atoms in total. The molecule has 0 unspecified atom stereocenters. The Morgan fingerprint density at radius 3 is 2.77 bits per heavy atom. The van der Waals surface area contributed by atoms with Gasteiger partial charge in [-0.1, -0.05) is 6.07 Å². The Hall–Kier alpha value is -1.85. The number of methoxy groups -OCH3 is 1. The van der Waals surface area contributed by atoms with Gasteiger partial charge in [0, 0.05) is 25.9 Å². The first-order chi connectivity index (χ1) is 10.4. The van der Waals surface area contributed by atoms with Crippen molar-refractivity contribution in [2.45, 2.75) is 12.6 Å². The summed E-state index contributed by atoms with van der Waals surface area (Å²) < 4.78 is 43.3. The number of alkyl halides is 3.